The minimum atomic E-state index is -0.139. The van der Waals surface area contributed by atoms with E-state index in [-0.39, 0.29) is 24.3 Å². The van der Waals surface area contributed by atoms with Crippen molar-refractivity contribution in [1.29, 1.82) is 0 Å². The molecule has 0 aliphatic heterocycles. The number of carbonyl (C=O) groups excluding carboxylic acids is 2. The van der Waals surface area contributed by atoms with Crippen LogP contribution in [-0.4, -0.2) is 30.3 Å². The van der Waals surface area contributed by atoms with Crippen molar-refractivity contribution in [1.82, 2.24) is 10.2 Å². The van der Waals surface area contributed by atoms with Crippen LogP contribution in [0.25, 0.3) is 0 Å². The lowest BCUT2D eigenvalue weighted by molar-refractivity contribution is -0.133. The second kappa shape index (κ2) is 8.55. The molecule has 0 aromatic heterocycles. The van der Waals surface area contributed by atoms with Crippen molar-refractivity contribution in [3.8, 4) is 0 Å². The lowest BCUT2D eigenvalue weighted by Gasteiger charge is -2.22. The number of hydrogen-bond acceptors (Lipinski definition) is 2. The van der Waals surface area contributed by atoms with Gasteiger partial charge in [-0.15, -0.1) is 0 Å². The van der Waals surface area contributed by atoms with Crippen molar-refractivity contribution in [3.63, 3.8) is 0 Å². The maximum Gasteiger partial charge on any atom is 0.242 e. The van der Waals surface area contributed by atoms with Gasteiger partial charge in [0, 0.05) is 29.6 Å². The third-order valence-corrected chi connectivity index (χ3v) is 4.83. The number of carbonyl (C=O) groups is 2. The summed E-state index contributed by atoms with van der Waals surface area (Å²) in [6, 6.07) is 5.20. The summed E-state index contributed by atoms with van der Waals surface area (Å²) < 4.78 is 0. The number of nitrogens with zero attached hydrogens (tertiary/aromatic N) is 1. The molecule has 126 valence electrons. The maximum atomic E-state index is 12.2. The van der Waals surface area contributed by atoms with Crippen molar-refractivity contribution in [2.75, 3.05) is 13.6 Å². The van der Waals surface area contributed by atoms with Crippen LogP contribution >= 0.6 is 23.2 Å². The summed E-state index contributed by atoms with van der Waals surface area (Å²) in [6.07, 6.45) is 5.25. The van der Waals surface area contributed by atoms with Crippen LogP contribution in [0.3, 0.4) is 0 Å². The van der Waals surface area contributed by atoms with Gasteiger partial charge >= 0.3 is 0 Å². The van der Waals surface area contributed by atoms with Crippen molar-refractivity contribution >= 4 is 35.0 Å². The highest BCUT2D eigenvalue weighted by atomic mass is 35.5. The van der Waals surface area contributed by atoms with Gasteiger partial charge in [-0.05, 0) is 30.5 Å². The number of rotatable bonds is 5. The van der Waals surface area contributed by atoms with Crippen LogP contribution < -0.4 is 5.32 Å². The SMILES string of the molecule is CN(Cc1ccc(Cl)cc1Cl)C(=O)CNC(=O)C1CCCCC1. The van der Waals surface area contributed by atoms with Gasteiger partial charge in [0.25, 0.3) is 0 Å². The fraction of sp³-hybridized carbons (Fsp3) is 0.529. The number of benzene rings is 1. The lowest BCUT2D eigenvalue weighted by Crippen LogP contribution is -2.40. The summed E-state index contributed by atoms with van der Waals surface area (Å²) in [6.45, 7) is 0.408. The van der Waals surface area contributed by atoms with Crippen LogP contribution in [0.5, 0.6) is 0 Å². The fourth-order valence-electron chi connectivity index (χ4n) is 2.80. The molecule has 2 amide bonds. The molecule has 1 aliphatic rings. The van der Waals surface area contributed by atoms with E-state index in [1.54, 1.807) is 30.1 Å². The molecule has 0 atom stereocenters. The molecule has 0 heterocycles. The number of likely N-dealkylation sites (N-methyl/N-ethyl adjacent to an activating group) is 1. The van der Waals surface area contributed by atoms with Gasteiger partial charge in [0.05, 0.1) is 6.54 Å². The standard InChI is InChI=1S/C17H22Cl2N2O2/c1-21(11-13-7-8-14(18)9-15(13)19)16(22)10-20-17(23)12-5-3-2-4-6-12/h7-9,12H,2-6,10-11H2,1H3,(H,20,23). The molecule has 2 rings (SSSR count). The molecule has 0 radical (unpaired) electrons. The topological polar surface area (TPSA) is 49.4 Å². The van der Waals surface area contributed by atoms with Gasteiger partial charge in [0.2, 0.25) is 11.8 Å². The quantitative estimate of drug-likeness (QED) is 0.875. The average Bonchev–Trinajstić information content (AvgIpc) is 2.55. The van der Waals surface area contributed by atoms with Gasteiger partial charge in [-0.1, -0.05) is 48.5 Å². The molecule has 1 fully saturated rings. The number of amides is 2. The second-order valence-electron chi connectivity index (χ2n) is 6.04. The molecule has 1 saturated carbocycles. The predicted octanol–water partition coefficient (Wildman–Crippen LogP) is 3.65. The normalized spacial score (nSPS) is 15.3. The minimum absolute atomic E-state index is 0.00373. The molecule has 23 heavy (non-hydrogen) atoms. The van der Waals surface area contributed by atoms with E-state index >= 15 is 0 Å². The molecular weight excluding hydrogens is 335 g/mol. The molecule has 4 nitrogen and oxygen atoms in total. The van der Waals surface area contributed by atoms with Crippen molar-refractivity contribution in [2.45, 2.75) is 38.6 Å². The van der Waals surface area contributed by atoms with E-state index in [2.05, 4.69) is 5.32 Å². The van der Waals surface area contributed by atoms with Gasteiger partial charge in [-0.3, -0.25) is 9.59 Å². The lowest BCUT2D eigenvalue weighted by atomic mass is 9.89. The molecule has 0 unspecified atom stereocenters. The van der Waals surface area contributed by atoms with Gasteiger partial charge in [0.15, 0.2) is 0 Å². The average molecular weight is 357 g/mol. The highest BCUT2D eigenvalue weighted by Gasteiger charge is 2.21. The van der Waals surface area contributed by atoms with Crippen LogP contribution in [0.1, 0.15) is 37.7 Å². The summed E-state index contributed by atoms with van der Waals surface area (Å²) in [4.78, 5) is 25.8. The molecular formula is C17H22Cl2N2O2. The third-order valence-electron chi connectivity index (χ3n) is 4.24. The van der Waals surface area contributed by atoms with E-state index in [0.717, 1.165) is 31.2 Å². The first kappa shape index (κ1) is 18.1. The first-order valence-corrected chi connectivity index (χ1v) is 8.68. The van der Waals surface area contributed by atoms with E-state index in [0.29, 0.717) is 16.6 Å². The molecule has 0 spiro atoms. The Morgan fingerprint density at radius 2 is 1.91 bits per heavy atom. The van der Waals surface area contributed by atoms with E-state index < -0.39 is 0 Å². The second-order valence-corrected chi connectivity index (χ2v) is 6.88. The molecule has 0 bridgehead atoms. The third kappa shape index (κ3) is 5.40. The Labute approximate surface area is 147 Å². The zero-order valence-electron chi connectivity index (χ0n) is 13.3. The zero-order chi connectivity index (χ0) is 16.8. The number of halogens is 2. The van der Waals surface area contributed by atoms with E-state index in [4.69, 9.17) is 23.2 Å². The summed E-state index contributed by atoms with van der Waals surface area (Å²) >= 11 is 12.0. The molecule has 1 aliphatic carbocycles. The largest absolute Gasteiger partial charge is 0.347 e. The first-order chi connectivity index (χ1) is 11.0. The van der Waals surface area contributed by atoms with Crippen LogP contribution in [0.2, 0.25) is 10.0 Å². The highest BCUT2D eigenvalue weighted by molar-refractivity contribution is 6.35. The van der Waals surface area contributed by atoms with Crippen molar-refractivity contribution in [2.24, 2.45) is 5.92 Å². The van der Waals surface area contributed by atoms with E-state index in [1.807, 2.05) is 0 Å². The van der Waals surface area contributed by atoms with Gasteiger partial charge in [-0.2, -0.15) is 0 Å². The minimum Gasteiger partial charge on any atom is -0.347 e. The van der Waals surface area contributed by atoms with Gasteiger partial charge in [0.1, 0.15) is 0 Å². The van der Waals surface area contributed by atoms with Crippen molar-refractivity contribution in [3.05, 3.63) is 33.8 Å². The summed E-state index contributed by atoms with van der Waals surface area (Å²) in [7, 11) is 1.69. The van der Waals surface area contributed by atoms with E-state index in [9.17, 15) is 9.59 Å². The Morgan fingerprint density at radius 3 is 2.57 bits per heavy atom. The first-order valence-electron chi connectivity index (χ1n) is 7.93. The summed E-state index contributed by atoms with van der Waals surface area (Å²) in [5, 5.41) is 3.85. The Balaban J connectivity index is 1.81. The van der Waals surface area contributed by atoms with Gasteiger partial charge < -0.3 is 10.2 Å². The monoisotopic (exact) mass is 356 g/mol. The van der Waals surface area contributed by atoms with E-state index in [1.165, 1.54) is 6.42 Å². The Bertz CT molecular complexity index is 572. The van der Waals surface area contributed by atoms with Crippen LogP contribution in [-0.2, 0) is 16.1 Å². The van der Waals surface area contributed by atoms with Crippen LogP contribution in [0, 0.1) is 5.92 Å². The number of nitrogens with one attached hydrogen (secondary N) is 1. The van der Waals surface area contributed by atoms with Crippen molar-refractivity contribution < 1.29 is 9.59 Å². The summed E-state index contributed by atoms with van der Waals surface area (Å²) in [5.41, 5.74) is 0.825. The molecule has 6 heteroatoms. The predicted molar refractivity (Wildman–Crippen MR) is 92.5 cm³/mol. The Morgan fingerprint density at radius 1 is 1.22 bits per heavy atom. The van der Waals surface area contributed by atoms with Crippen LogP contribution in [0.4, 0.5) is 0 Å². The molecule has 0 saturated heterocycles. The maximum absolute atomic E-state index is 12.2. The highest BCUT2D eigenvalue weighted by Crippen LogP contribution is 2.24. The molecule has 1 aromatic carbocycles. The zero-order valence-corrected chi connectivity index (χ0v) is 14.8. The smallest absolute Gasteiger partial charge is 0.242 e. The Kier molecular flexibility index (Phi) is 6.72. The Hall–Kier alpha value is -1.26. The summed E-state index contributed by atoms with van der Waals surface area (Å²) in [5.74, 6) is -0.0799. The van der Waals surface area contributed by atoms with Gasteiger partial charge in [-0.25, -0.2) is 0 Å². The van der Waals surface area contributed by atoms with Crippen LogP contribution in [0.15, 0.2) is 18.2 Å². The molecule has 1 N–H and O–H groups in total. The molecule has 1 aromatic rings. The number of hydrogen-bond donors (Lipinski definition) is 1. The fourth-order valence-corrected chi connectivity index (χ4v) is 3.27.